The zero-order valence-electron chi connectivity index (χ0n) is 10.3. The van der Waals surface area contributed by atoms with Gasteiger partial charge < -0.3 is 5.32 Å². The average Bonchev–Trinajstić information content (AvgIpc) is 2.27. The first-order chi connectivity index (χ1) is 7.95. The van der Waals surface area contributed by atoms with Crippen molar-refractivity contribution in [3.63, 3.8) is 0 Å². The van der Waals surface area contributed by atoms with E-state index in [0.29, 0.717) is 16.5 Å². The van der Waals surface area contributed by atoms with E-state index in [1.54, 1.807) is 18.2 Å². The highest BCUT2D eigenvalue weighted by Crippen LogP contribution is 2.16. The van der Waals surface area contributed by atoms with Crippen LogP contribution in [0.4, 0.5) is 0 Å². The first kappa shape index (κ1) is 14.5. The number of halogens is 2. The van der Waals surface area contributed by atoms with Crippen LogP contribution in [0.15, 0.2) is 18.2 Å². The van der Waals surface area contributed by atoms with Crippen LogP contribution in [0.1, 0.15) is 29.8 Å². The summed E-state index contributed by atoms with van der Waals surface area (Å²) >= 11 is 9.28. The fourth-order valence-electron chi connectivity index (χ4n) is 1.44. The van der Waals surface area contributed by atoms with E-state index >= 15 is 0 Å². The van der Waals surface area contributed by atoms with E-state index < -0.39 is 0 Å². The molecule has 0 heterocycles. The van der Waals surface area contributed by atoms with Crippen molar-refractivity contribution in [2.75, 3.05) is 5.33 Å². The summed E-state index contributed by atoms with van der Waals surface area (Å²) in [5.74, 6) is 0.353. The van der Waals surface area contributed by atoms with Gasteiger partial charge in [0.1, 0.15) is 0 Å². The summed E-state index contributed by atoms with van der Waals surface area (Å²) in [5, 5.41) is 4.52. The van der Waals surface area contributed by atoms with Crippen molar-refractivity contribution in [3.05, 3.63) is 34.3 Å². The molecular formula is C13H17BrClNO. The van der Waals surface area contributed by atoms with Gasteiger partial charge in [-0.25, -0.2) is 0 Å². The summed E-state index contributed by atoms with van der Waals surface area (Å²) in [6.07, 6.45) is 0. The first-order valence-electron chi connectivity index (χ1n) is 5.58. The lowest BCUT2D eigenvalue weighted by molar-refractivity contribution is 0.0930. The normalized spacial score (nSPS) is 14.2. The van der Waals surface area contributed by atoms with Crippen LogP contribution >= 0.6 is 27.5 Å². The van der Waals surface area contributed by atoms with Crippen LogP contribution in [0.2, 0.25) is 5.02 Å². The minimum Gasteiger partial charge on any atom is -0.349 e. The molecular weight excluding hydrogens is 302 g/mol. The molecule has 0 radical (unpaired) electrons. The van der Waals surface area contributed by atoms with Crippen molar-refractivity contribution in [1.82, 2.24) is 5.32 Å². The molecule has 0 fully saturated rings. The number of rotatable bonds is 4. The molecule has 2 nitrogen and oxygen atoms in total. The summed E-state index contributed by atoms with van der Waals surface area (Å²) in [6.45, 7) is 5.99. The van der Waals surface area contributed by atoms with Crippen molar-refractivity contribution in [1.29, 1.82) is 0 Å². The lowest BCUT2D eigenvalue weighted by Gasteiger charge is -2.19. The lowest BCUT2D eigenvalue weighted by Crippen LogP contribution is -2.37. The maximum absolute atomic E-state index is 12.0. The quantitative estimate of drug-likeness (QED) is 0.841. The van der Waals surface area contributed by atoms with E-state index in [0.717, 1.165) is 10.9 Å². The number of aryl methyl sites for hydroxylation is 1. The van der Waals surface area contributed by atoms with Gasteiger partial charge in [0.25, 0.3) is 5.91 Å². The van der Waals surface area contributed by atoms with Gasteiger partial charge in [0.15, 0.2) is 0 Å². The highest BCUT2D eigenvalue weighted by Gasteiger charge is 2.16. The Morgan fingerprint density at radius 1 is 1.47 bits per heavy atom. The van der Waals surface area contributed by atoms with Gasteiger partial charge in [0, 0.05) is 22.0 Å². The summed E-state index contributed by atoms with van der Waals surface area (Å²) in [7, 11) is 0. The Bertz CT molecular complexity index is 408. The Morgan fingerprint density at radius 2 is 2.12 bits per heavy atom. The van der Waals surface area contributed by atoms with E-state index in [4.69, 9.17) is 11.6 Å². The number of amides is 1. The fraction of sp³-hybridized carbons (Fsp3) is 0.462. The molecule has 1 N–H and O–H groups in total. The minimum absolute atomic E-state index is 0.0422. The second-order valence-electron chi connectivity index (χ2n) is 4.35. The molecule has 1 aromatic carbocycles. The molecule has 0 aliphatic rings. The number of hydrogen-bond acceptors (Lipinski definition) is 1. The fourth-order valence-corrected chi connectivity index (χ4v) is 2.23. The summed E-state index contributed by atoms with van der Waals surface area (Å²) in [5.41, 5.74) is 1.58. The van der Waals surface area contributed by atoms with Crippen LogP contribution in [-0.2, 0) is 0 Å². The maximum Gasteiger partial charge on any atom is 0.251 e. The van der Waals surface area contributed by atoms with Crippen molar-refractivity contribution in [3.8, 4) is 0 Å². The van der Waals surface area contributed by atoms with E-state index in [2.05, 4.69) is 28.2 Å². The number of alkyl halides is 1. The van der Waals surface area contributed by atoms with Gasteiger partial charge in [0.05, 0.1) is 0 Å². The molecule has 0 aliphatic heterocycles. The maximum atomic E-state index is 12.0. The molecule has 0 saturated heterocycles. The summed E-state index contributed by atoms with van der Waals surface area (Å²) in [4.78, 5) is 12.0. The first-order valence-corrected chi connectivity index (χ1v) is 7.08. The van der Waals surface area contributed by atoms with Crippen LogP contribution in [0.25, 0.3) is 0 Å². The van der Waals surface area contributed by atoms with E-state index in [-0.39, 0.29) is 11.9 Å². The topological polar surface area (TPSA) is 29.1 Å². The highest BCUT2D eigenvalue weighted by atomic mass is 79.9. The zero-order chi connectivity index (χ0) is 13.0. The molecule has 94 valence electrons. The molecule has 4 heteroatoms. The Labute approximate surface area is 116 Å². The highest BCUT2D eigenvalue weighted by molar-refractivity contribution is 9.09. The largest absolute Gasteiger partial charge is 0.349 e. The molecule has 1 rings (SSSR count). The van der Waals surface area contributed by atoms with Crippen LogP contribution < -0.4 is 5.32 Å². The third kappa shape index (κ3) is 4.00. The van der Waals surface area contributed by atoms with Gasteiger partial charge in [0.2, 0.25) is 0 Å². The van der Waals surface area contributed by atoms with Gasteiger partial charge in [-0.3, -0.25) is 4.79 Å². The Morgan fingerprint density at radius 3 is 2.65 bits per heavy atom. The smallest absolute Gasteiger partial charge is 0.251 e. The van der Waals surface area contributed by atoms with Crippen molar-refractivity contribution in [2.24, 2.45) is 5.92 Å². The molecule has 2 unspecified atom stereocenters. The number of nitrogens with one attached hydrogen (secondary N) is 1. The van der Waals surface area contributed by atoms with Crippen LogP contribution in [0.3, 0.4) is 0 Å². The SMILES string of the molecule is Cc1cc(Cl)ccc1C(=O)NC(C)C(C)CBr. The molecule has 1 aromatic rings. The molecule has 0 saturated carbocycles. The Hall–Kier alpha value is -0.540. The summed E-state index contributed by atoms with van der Waals surface area (Å²) < 4.78 is 0. The van der Waals surface area contributed by atoms with Crippen molar-refractivity contribution >= 4 is 33.4 Å². The Kier molecular flexibility index (Phi) is 5.47. The zero-order valence-corrected chi connectivity index (χ0v) is 12.6. The number of carbonyl (C=O) groups is 1. The monoisotopic (exact) mass is 317 g/mol. The number of carbonyl (C=O) groups excluding carboxylic acids is 1. The van der Waals surface area contributed by atoms with Gasteiger partial charge in [-0.2, -0.15) is 0 Å². The third-order valence-corrected chi connectivity index (χ3v) is 4.15. The van der Waals surface area contributed by atoms with E-state index in [9.17, 15) is 4.79 Å². The molecule has 0 spiro atoms. The van der Waals surface area contributed by atoms with Gasteiger partial charge in [-0.15, -0.1) is 0 Å². The van der Waals surface area contributed by atoms with Gasteiger partial charge >= 0.3 is 0 Å². The predicted octanol–water partition coefficient (Wildman–Crippen LogP) is 3.80. The third-order valence-electron chi connectivity index (χ3n) is 2.89. The standard InChI is InChI=1S/C13H17BrClNO/c1-8-6-11(15)4-5-12(8)13(17)16-10(3)9(2)7-14/h4-6,9-10H,7H2,1-3H3,(H,16,17). The van der Waals surface area contributed by atoms with Crippen LogP contribution in [-0.4, -0.2) is 17.3 Å². The van der Waals surface area contributed by atoms with E-state index in [1.807, 2.05) is 13.8 Å². The average molecular weight is 319 g/mol. The molecule has 1 amide bonds. The number of benzene rings is 1. The van der Waals surface area contributed by atoms with Crippen molar-refractivity contribution < 1.29 is 4.79 Å². The number of hydrogen-bond donors (Lipinski definition) is 1. The molecule has 0 aliphatic carbocycles. The second-order valence-corrected chi connectivity index (χ2v) is 5.44. The molecule has 0 aromatic heterocycles. The van der Waals surface area contributed by atoms with Gasteiger partial charge in [-0.1, -0.05) is 34.5 Å². The second kappa shape index (κ2) is 6.41. The molecule has 0 bridgehead atoms. The predicted molar refractivity (Wildman–Crippen MR) is 76.1 cm³/mol. The minimum atomic E-state index is -0.0422. The van der Waals surface area contributed by atoms with Crippen LogP contribution in [0, 0.1) is 12.8 Å². The Balaban J connectivity index is 2.76. The lowest BCUT2D eigenvalue weighted by atomic mass is 10.0. The summed E-state index contributed by atoms with van der Waals surface area (Å²) in [6, 6.07) is 5.44. The van der Waals surface area contributed by atoms with Crippen molar-refractivity contribution in [2.45, 2.75) is 26.8 Å². The van der Waals surface area contributed by atoms with Gasteiger partial charge in [-0.05, 0) is 43.5 Å². The molecule has 17 heavy (non-hydrogen) atoms. The van der Waals surface area contributed by atoms with E-state index in [1.165, 1.54) is 0 Å². The van der Waals surface area contributed by atoms with Crippen LogP contribution in [0.5, 0.6) is 0 Å². The molecule has 2 atom stereocenters.